The van der Waals surface area contributed by atoms with Crippen LogP contribution in [0.5, 0.6) is 0 Å². The molecule has 0 saturated carbocycles. The van der Waals surface area contributed by atoms with Gasteiger partial charge in [0.1, 0.15) is 0 Å². The minimum atomic E-state index is -0.317. The third-order valence-corrected chi connectivity index (χ3v) is 3.64. The SMILES string of the molecule is CN1CCN(Cc2ccccc2[N+](=O)[O-])C(CN)C1. The number of para-hydroxylation sites is 1. The van der Waals surface area contributed by atoms with Crippen molar-refractivity contribution in [2.45, 2.75) is 12.6 Å². The predicted octanol–water partition coefficient (Wildman–Crippen LogP) is 0.669. The van der Waals surface area contributed by atoms with E-state index in [9.17, 15) is 10.1 Å². The first kappa shape index (κ1) is 13.9. The molecule has 2 N–H and O–H groups in total. The van der Waals surface area contributed by atoms with E-state index in [1.54, 1.807) is 12.1 Å². The Morgan fingerprint density at radius 3 is 2.84 bits per heavy atom. The van der Waals surface area contributed by atoms with E-state index in [2.05, 4.69) is 16.8 Å². The number of rotatable bonds is 4. The van der Waals surface area contributed by atoms with Crippen LogP contribution in [0.25, 0.3) is 0 Å². The zero-order chi connectivity index (χ0) is 13.8. The number of hydrogen-bond acceptors (Lipinski definition) is 5. The van der Waals surface area contributed by atoms with Gasteiger partial charge in [-0.05, 0) is 7.05 Å². The van der Waals surface area contributed by atoms with Crippen molar-refractivity contribution < 1.29 is 4.92 Å². The van der Waals surface area contributed by atoms with Gasteiger partial charge in [0.25, 0.3) is 5.69 Å². The molecule has 0 aliphatic carbocycles. The number of piperazine rings is 1. The molecule has 1 saturated heterocycles. The fraction of sp³-hybridized carbons (Fsp3) is 0.538. The maximum Gasteiger partial charge on any atom is 0.273 e. The predicted molar refractivity (Wildman–Crippen MR) is 73.8 cm³/mol. The Bertz CT molecular complexity index is 452. The molecular weight excluding hydrogens is 244 g/mol. The third kappa shape index (κ3) is 3.28. The highest BCUT2D eigenvalue weighted by Crippen LogP contribution is 2.21. The molecule has 0 bridgehead atoms. The molecule has 19 heavy (non-hydrogen) atoms. The topological polar surface area (TPSA) is 75.6 Å². The fourth-order valence-corrected chi connectivity index (χ4v) is 2.52. The quantitative estimate of drug-likeness (QED) is 0.639. The summed E-state index contributed by atoms with van der Waals surface area (Å²) in [6.07, 6.45) is 0. The van der Waals surface area contributed by atoms with E-state index < -0.39 is 0 Å². The maximum absolute atomic E-state index is 11.0. The third-order valence-electron chi connectivity index (χ3n) is 3.64. The lowest BCUT2D eigenvalue weighted by atomic mass is 10.1. The number of nitro groups is 1. The van der Waals surface area contributed by atoms with Crippen LogP contribution in [-0.2, 0) is 6.54 Å². The molecule has 1 aromatic carbocycles. The van der Waals surface area contributed by atoms with Crippen molar-refractivity contribution in [3.63, 3.8) is 0 Å². The molecule has 1 atom stereocenters. The largest absolute Gasteiger partial charge is 0.329 e. The van der Waals surface area contributed by atoms with E-state index in [-0.39, 0.29) is 16.7 Å². The van der Waals surface area contributed by atoms with Gasteiger partial charge in [-0.2, -0.15) is 0 Å². The van der Waals surface area contributed by atoms with Crippen molar-refractivity contribution in [2.75, 3.05) is 33.2 Å². The molecule has 0 spiro atoms. The summed E-state index contributed by atoms with van der Waals surface area (Å²) in [6, 6.07) is 7.19. The van der Waals surface area contributed by atoms with Gasteiger partial charge in [0.05, 0.1) is 4.92 Å². The lowest BCUT2D eigenvalue weighted by Gasteiger charge is -2.39. The minimum absolute atomic E-state index is 0.192. The van der Waals surface area contributed by atoms with Crippen LogP contribution in [0.4, 0.5) is 5.69 Å². The maximum atomic E-state index is 11.0. The lowest BCUT2D eigenvalue weighted by Crippen LogP contribution is -2.54. The second-order valence-electron chi connectivity index (χ2n) is 5.01. The summed E-state index contributed by atoms with van der Waals surface area (Å²) in [5.41, 5.74) is 6.76. The van der Waals surface area contributed by atoms with Gasteiger partial charge in [-0.1, -0.05) is 18.2 Å². The number of nitro benzene ring substituents is 1. The summed E-state index contributed by atoms with van der Waals surface area (Å²) >= 11 is 0. The van der Waals surface area contributed by atoms with Gasteiger partial charge < -0.3 is 10.6 Å². The monoisotopic (exact) mass is 264 g/mol. The van der Waals surface area contributed by atoms with Crippen LogP contribution < -0.4 is 5.73 Å². The van der Waals surface area contributed by atoms with E-state index >= 15 is 0 Å². The molecule has 1 aliphatic heterocycles. The Balaban J connectivity index is 2.14. The number of hydrogen-bond donors (Lipinski definition) is 1. The zero-order valence-corrected chi connectivity index (χ0v) is 11.2. The van der Waals surface area contributed by atoms with Crippen molar-refractivity contribution in [3.8, 4) is 0 Å². The molecule has 0 amide bonds. The highest BCUT2D eigenvalue weighted by Gasteiger charge is 2.26. The number of likely N-dealkylation sites (N-methyl/N-ethyl adjacent to an activating group) is 1. The molecule has 1 aromatic rings. The molecule has 1 fully saturated rings. The van der Waals surface area contributed by atoms with Gasteiger partial charge in [-0.25, -0.2) is 0 Å². The Morgan fingerprint density at radius 2 is 2.16 bits per heavy atom. The molecular formula is C13H20N4O2. The lowest BCUT2D eigenvalue weighted by molar-refractivity contribution is -0.385. The Labute approximate surface area is 112 Å². The van der Waals surface area contributed by atoms with E-state index in [0.29, 0.717) is 13.1 Å². The minimum Gasteiger partial charge on any atom is -0.329 e. The molecule has 1 aliphatic rings. The summed E-state index contributed by atoms with van der Waals surface area (Å²) in [6.45, 7) is 3.94. The molecule has 1 unspecified atom stereocenters. The van der Waals surface area contributed by atoms with Gasteiger partial charge in [0.15, 0.2) is 0 Å². The Hall–Kier alpha value is -1.50. The van der Waals surface area contributed by atoms with E-state index in [1.165, 1.54) is 0 Å². The van der Waals surface area contributed by atoms with Gasteiger partial charge in [0.2, 0.25) is 0 Å². The average molecular weight is 264 g/mol. The van der Waals surface area contributed by atoms with Crippen LogP contribution in [0.1, 0.15) is 5.56 Å². The molecule has 2 rings (SSSR count). The van der Waals surface area contributed by atoms with E-state index in [1.807, 2.05) is 12.1 Å². The van der Waals surface area contributed by atoms with E-state index in [4.69, 9.17) is 5.73 Å². The van der Waals surface area contributed by atoms with Crippen molar-refractivity contribution in [3.05, 3.63) is 39.9 Å². The van der Waals surface area contributed by atoms with Crippen molar-refractivity contribution in [1.82, 2.24) is 9.80 Å². The highest BCUT2D eigenvalue weighted by atomic mass is 16.6. The van der Waals surface area contributed by atoms with Gasteiger partial charge in [0, 0.05) is 50.4 Å². The van der Waals surface area contributed by atoms with Gasteiger partial charge >= 0.3 is 0 Å². The summed E-state index contributed by atoms with van der Waals surface area (Å²) in [4.78, 5) is 15.2. The first-order chi connectivity index (χ1) is 9.11. The van der Waals surface area contributed by atoms with Crippen LogP contribution in [0.3, 0.4) is 0 Å². The highest BCUT2D eigenvalue weighted by molar-refractivity contribution is 5.39. The molecule has 6 nitrogen and oxygen atoms in total. The number of nitrogens with zero attached hydrogens (tertiary/aromatic N) is 3. The van der Waals surface area contributed by atoms with Crippen LogP contribution in [0, 0.1) is 10.1 Å². The molecule has 104 valence electrons. The first-order valence-electron chi connectivity index (χ1n) is 6.46. The van der Waals surface area contributed by atoms with Crippen LogP contribution in [0.15, 0.2) is 24.3 Å². The van der Waals surface area contributed by atoms with Crippen molar-refractivity contribution in [1.29, 1.82) is 0 Å². The molecule has 1 heterocycles. The van der Waals surface area contributed by atoms with Crippen molar-refractivity contribution in [2.24, 2.45) is 5.73 Å². The van der Waals surface area contributed by atoms with Crippen LogP contribution in [-0.4, -0.2) is 54.0 Å². The summed E-state index contributed by atoms with van der Waals surface area (Å²) in [7, 11) is 2.07. The zero-order valence-electron chi connectivity index (χ0n) is 11.2. The molecule has 6 heteroatoms. The van der Waals surface area contributed by atoms with Gasteiger partial charge in [-0.15, -0.1) is 0 Å². The van der Waals surface area contributed by atoms with Crippen LogP contribution >= 0.6 is 0 Å². The normalized spacial score (nSPS) is 21.5. The standard InChI is InChI=1S/C13H20N4O2/c1-15-6-7-16(12(8-14)10-15)9-11-4-2-3-5-13(11)17(18)19/h2-5,12H,6-10,14H2,1H3. The molecule has 0 aromatic heterocycles. The number of benzene rings is 1. The summed E-state index contributed by atoms with van der Waals surface area (Å²) in [5, 5.41) is 11.0. The molecule has 0 radical (unpaired) electrons. The smallest absolute Gasteiger partial charge is 0.273 e. The second kappa shape index (κ2) is 6.10. The second-order valence-corrected chi connectivity index (χ2v) is 5.01. The fourth-order valence-electron chi connectivity index (χ4n) is 2.52. The summed E-state index contributed by atoms with van der Waals surface area (Å²) in [5.74, 6) is 0. The Morgan fingerprint density at radius 1 is 1.42 bits per heavy atom. The van der Waals surface area contributed by atoms with Gasteiger partial charge in [-0.3, -0.25) is 15.0 Å². The average Bonchev–Trinajstić information content (AvgIpc) is 2.41. The van der Waals surface area contributed by atoms with Crippen LogP contribution in [0.2, 0.25) is 0 Å². The van der Waals surface area contributed by atoms with Crippen molar-refractivity contribution >= 4 is 5.69 Å². The van der Waals surface area contributed by atoms with E-state index in [0.717, 1.165) is 25.2 Å². The first-order valence-corrected chi connectivity index (χ1v) is 6.46. The Kier molecular flexibility index (Phi) is 4.47. The number of nitrogens with two attached hydrogens (primary N) is 1. The summed E-state index contributed by atoms with van der Waals surface area (Å²) < 4.78 is 0.